The van der Waals surface area contributed by atoms with E-state index < -0.39 is 18.2 Å². The third-order valence-electron chi connectivity index (χ3n) is 4.40. The highest BCUT2D eigenvalue weighted by Crippen LogP contribution is 2.34. The summed E-state index contributed by atoms with van der Waals surface area (Å²) in [4.78, 5) is 23.2. The Morgan fingerprint density at radius 1 is 1.14 bits per heavy atom. The van der Waals surface area contributed by atoms with Gasteiger partial charge >= 0.3 is 5.97 Å². The lowest BCUT2D eigenvalue weighted by molar-refractivity contribution is -0.151. The van der Waals surface area contributed by atoms with Crippen molar-refractivity contribution in [3.63, 3.8) is 0 Å². The van der Waals surface area contributed by atoms with Crippen LogP contribution in [0.2, 0.25) is 0 Å². The Balaban J connectivity index is 1.57. The average molecular weight is 303 g/mol. The molecule has 1 saturated heterocycles. The van der Waals surface area contributed by atoms with E-state index in [-0.39, 0.29) is 11.9 Å². The summed E-state index contributed by atoms with van der Waals surface area (Å²) in [6.45, 7) is 0. The molecule has 5 heteroatoms. The Bertz CT molecular complexity index is 541. The number of carbonyl (C=O) groups excluding carboxylic acids is 1. The number of amides is 1. The van der Waals surface area contributed by atoms with Crippen molar-refractivity contribution >= 4 is 11.9 Å². The first-order chi connectivity index (χ1) is 10.6. The van der Waals surface area contributed by atoms with Crippen LogP contribution in [-0.4, -0.2) is 35.2 Å². The van der Waals surface area contributed by atoms with Crippen molar-refractivity contribution in [2.24, 2.45) is 5.92 Å². The van der Waals surface area contributed by atoms with Gasteiger partial charge in [-0.15, -0.1) is 0 Å². The first-order valence-corrected chi connectivity index (χ1v) is 7.86. The molecule has 1 saturated carbocycles. The van der Waals surface area contributed by atoms with Gasteiger partial charge in [-0.3, -0.25) is 4.79 Å². The second-order valence-electron chi connectivity index (χ2n) is 6.17. The molecule has 1 unspecified atom stereocenters. The lowest BCUT2D eigenvalue weighted by Crippen LogP contribution is -2.44. The number of nitrogens with one attached hydrogen (secondary N) is 1. The maximum Gasteiger partial charge on any atom is 0.332 e. The van der Waals surface area contributed by atoms with Gasteiger partial charge in [0, 0.05) is 6.04 Å². The molecule has 2 fully saturated rings. The number of hydrogen-bond donors (Lipinski definition) is 2. The van der Waals surface area contributed by atoms with Crippen molar-refractivity contribution in [3.8, 4) is 0 Å². The summed E-state index contributed by atoms with van der Waals surface area (Å²) >= 11 is 0. The van der Waals surface area contributed by atoms with Gasteiger partial charge < -0.3 is 15.2 Å². The second-order valence-corrected chi connectivity index (χ2v) is 6.17. The average Bonchev–Trinajstić information content (AvgIpc) is 3.23. The molecule has 118 valence electrons. The highest BCUT2D eigenvalue weighted by molar-refractivity contribution is 5.83. The van der Waals surface area contributed by atoms with Crippen LogP contribution in [0, 0.1) is 5.92 Å². The molecular weight excluding hydrogens is 282 g/mol. The first-order valence-electron chi connectivity index (χ1n) is 7.86. The van der Waals surface area contributed by atoms with Crippen molar-refractivity contribution in [1.82, 2.24) is 5.32 Å². The summed E-state index contributed by atoms with van der Waals surface area (Å²) in [5, 5.41) is 12.0. The molecule has 0 aromatic heterocycles. The largest absolute Gasteiger partial charge is 0.479 e. The first kappa shape index (κ1) is 15.0. The maximum absolute atomic E-state index is 12.3. The van der Waals surface area contributed by atoms with Gasteiger partial charge in [0.05, 0.1) is 0 Å². The number of aliphatic carboxylic acids is 1. The van der Waals surface area contributed by atoms with Crippen LogP contribution >= 0.6 is 0 Å². The van der Waals surface area contributed by atoms with Gasteiger partial charge in [0.1, 0.15) is 6.10 Å². The zero-order chi connectivity index (χ0) is 15.5. The van der Waals surface area contributed by atoms with Crippen LogP contribution in [0.25, 0.3) is 0 Å². The number of hydrogen-bond acceptors (Lipinski definition) is 3. The monoisotopic (exact) mass is 303 g/mol. The number of carboxylic acids is 1. The van der Waals surface area contributed by atoms with E-state index in [2.05, 4.69) is 17.4 Å². The minimum absolute atomic E-state index is 0.113. The standard InChI is InChI=1S/C17H21NO4/c19-16(14-8-9-15(22-14)17(20)21)18-13(12-6-7-12)10-11-4-2-1-3-5-11/h1-5,12-15H,6-10H2,(H,18,19)(H,20,21)/t13?,14-,15+/m0/s1. The molecule has 2 N–H and O–H groups in total. The quantitative estimate of drug-likeness (QED) is 0.839. The number of rotatable bonds is 6. The van der Waals surface area contributed by atoms with E-state index in [1.165, 1.54) is 5.56 Å². The number of benzene rings is 1. The van der Waals surface area contributed by atoms with E-state index in [9.17, 15) is 9.59 Å². The van der Waals surface area contributed by atoms with Crippen LogP contribution < -0.4 is 5.32 Å². The molecule has 0 spiro atoms. The van der Waals surface area contributed by atoms with Gasteiger partial charge in [0.2, 0.25) is 5.91 Å². The van der Waals surface area contributed by atoms with E-state index in [4.69, 9.17) is 9.84 Å². The van der Waals surface area contributed by atoms with E-state index in [1.807, 2.05) is 18.2 Å². The lowest BCUT2D eigenvalue weighted by atomic mass is 10.0. The fourth-order valence-corrected chi connectivity index (χ4v) is 2.99. The maximum atomic E-state index is 12.3. The third kappa shape index (κ3) is 3.65. The van der Waals surface area contributed by atoms with Crippen molar-refractivity contribution < 1.29 is 19.4 Å². The predicted octanol–water partition coefficient (Wildman–Crippen LogP) is 1.76. The summed E-state index contributed by atoms with van der Waals surface area (Å²) < 4.78 is 5.32. The van der Waals surface area contributed by atoms with Crippen LogP contribution in [0.1, 0.15) is 31.2 Å². The van der Waals surface area contributed by atoms with Gasteiger partial charge in [0.25, 0.3) is 0 Å². The van der Waals surface area contributed by atoms with Gasteiger partial charge in [-0.25, -0.2) is 4.79 Å². The molecular formula is C17H21NO4. The molecule has 3 atom stereocenters. The smallest absolute Gasteiger partial charge is 0.332 e. The Morgan fingerprint density at radius 2 is 1.82 bits per heavy atom. The lowest BCUT2D eigenvalue weighted by Gasteiger charge is -2.21. The fourth-order valence-electron chi connectivity index (χ4n) is 2.99. The van der Waals surface area contributed by atoms with Crippen molar-refractivity contribution in [2.75, 3.05) is 0 Å². The van der Waals surface area contributed by atoms with Crippen molar-refractivity contribution in [2.45, 2.75) is 50.4 Å². The van der Waals surface area contributed by atoms with Crippen LogP contribution in [0.3, 0.4) is 0 Å². The molecule has 1 aliphatic carbocycles. The van der Waals surface area contributed by atoms with Gasteiger partial charge in [-0.05, 0) is 43.6 Å². The number of carboxylic acid groups (broad SMARTS) is 1. The molecule has 22 heavy (non-hydrogen) atoms. The summed E-state index contributed by atoms with van der Waals surface area (Å²) in [5.41, 5.74) is 1.20. The Kier molecular flexibility index (Phi) is 4.43. The topological polar surface area (TPSA) is 75.6 Å². The molecule has 1 aromatic carbocycles. The summed E-state index contributed by atoms with van der Waals surface area (Å²) in [5.74, 6) is -0.629. The summed E-state index contributed by atoms with van der Waals surface area (Å²) in [6.07, 6.45) is 2.50. The molecule has 1 aromatic rings. The molecule has 3 rings (SSSR count). The Morgan fingerprint density at radius 3 is 2.41 bits per heavy atom. The van der Waals surface area contributed by atoms with E-state index in [0.29, 0.717) is 18.8 Å². The van der Waals surface area contributed by atoms with Crippen LogP contribution in [0.4, 0.5) is 0 Å². The predicted molar refractivity (Wildman–Crippen MR) is 80.3 cm³/mol. The molecule has 0 bridgehead atoms. The summed E-state index contributed by atoms with van der Waals surface area (Å²) in [6, 6.07) is 10.2. The normalized spacial score (nSPS) is 25.6. The molecule has 1 heterocycles. The van der Waals surface area contributed by atoms with Crippen molar-refractivity contribution in [1.29, 1.82) is 0 Å². The van der Waals surface area contributed by atoms with Gasteiger partial charge in [-0.1, -0.05) is 30.3 Å². The second kappa shape index (κ2) is 6.48. The van der Waals surface area contributed by atoms with E-state index in [1.54, 1.807) is 0 Å². The van der Waals surface area contributed by atoms with Crippen molar-refractivity contribution in [3.05, 3.63) is 35.9 Å². The van der Waals surface area contributed by atoms with E-state index in [0.717, 1.165) is 19.3 Å². The van der Waals surface area contributed by atoms with Crippen LogP contribution in [-0.2, 0) is 20.7 Å². The molecule has 5 nitrogen and oxygen atoms in total. The minimum atomic E-state index is -0.988. The molecule has 2 aliphatic rings. The van der Waals surface area contributed by atoms with Gasteiger partial charge in [0.15, 0.2) is 6.10 Å². The van der Waals surface area contributed by atoms with Crippen LogP contribution in [0.5, 0.6) is 0 Å². The van der Waals surface area contributed by atoms with E-state index >= 15 is 0 Å². The number of ether oxygens (including phenoxy) is 1. The molecule has 1 amide bonds. The molecule has 1 aliphatic heterocycles. The number of carbonyl (C=O) groups is 2. The minimum Gasteiger partial charge on any atom is -0.479 e. The highest BCUT2D eigenvalue weighted by Gasteiger charge is 2.38. The molecule has 0 radical (unpaired) electrons. The van der Waals surface area contributed by atoms with Gasteiger partial charge in [-0.2, -0.15) is 0 Å². The zero-order valence-electron chi connectivity index (χ0n) is 12.4. The third-order valence-corrected chi connectivity index (χ3v) is 4.40. The zero-order valence-corrected chi connectivity index (χ0v) is 12.4. The van der Waals surface area contributed by atoms with Crippen LogP contribution in [0.15, 0.2) is 30.3 Å². The highest BCUT2D eigenvalue weighted by atomic mass is 16.5. The SMILES string of the molecule is O=C(NC(Cc1ccccc1)C1CC1)[C@@H]1CC[C@H](C(=O)O)O1. The summed E-state index contributed by atoms with van der Waals surface area (Å²) in [7, 11) is 0. The Labute approximate surface area is 129 Å². The fraction of sp³-hybridized carbons (Fsp3) is 0.529. The Hall–Kier alpha value is -1.88.